The van der Waals surface area contributed by atoms with Crippen LogP contribution in [0.1, 0.15) is 32.4 Å². The molecule has 3 heterocycles. The van der Waals surface area contributed by atoms with Crippen molar-refractivity contribution >= 4 is 23.8 Å². The summed E-state index contributed by atoms with van der Waals surface area (Å²) in [6.45, 7) is 13.0. The molecule has 0 aromatic carbocycles. The van der Waals surface area contributed by atoms with Crippen molar-refractivity contribution in [1.82, 2.24) is 20.6 Å². The maximum Gasteiger partial charge on any atom is 0.225 e. The Balaban J connectivity index is 1.43. The molecule has 2 N–H and O–H groups in total. The molecular formula is C24H35N5OS. The SMILES string of the molecule is C=C(/C=C\C(C)=C/C)CNCC1CCN(c2nccc(/C=C3/CNC(OC)S3)n2)CC1. The molecule has 31 heavy (non-hydrogen) atoms. The molecule has 6 nitrogen and oxygen atoms in total. The lowest BCUT2D eigenvalue weighted by Crippen LogP contribution is -2.38. The van der Waals surface area contributed by atoms with Gasteiger partial charge in [-0.3, -0.25) is 5.32 Å². The van der Waals surface area contributed by atoms with Crippen LogP contribution in [-0.4, -0.2) is 55.4 Å². The molecule has 2 aliphatic heterocycles. The number of aromatic nitrogens is 2. The third-order valence-corrected chi connectivity index (χ3v) is 6.75. The number of anilines is 1. The summed E-state index contributed by atoms with van der Waals surface area (Å²) in [7, 11) is 1.72. The van der Waals surface area contributed by atoms with Crippen LogP contribution in [0.4, 0.5) is 5.95 Å². The molecule has 0 aliphatic carbocycles. The largest absolute Gasteiger partial charge is 0.357 e. The lowest BCUT2D eigenvalue weighted by Gasteiger charge is -2.32. The normalized spacial score (nSPS) is 22.0. The highest BCUT2D eigenvalue weighted by Gasteiger charge is 2.21. The maximum absolute atomic E-state index is 5.33. The summed E-state index contributed by atoms with van der Waals surface area (Å²) in [6, 6.07) is 1.97. The Hall–Kier alpha value is -1.93. The van der Waals surface area contributed by atoms with E-state index in [1.165, 1.54) is 10.5 Å². The van der Waals surface area contributed by atoms with Crippen molar-refractivity contribution in [3.63, 3.8) is 0 Å². The van der Waals surface area contributed by atoms with E-state index in [-0.39, 0.29) is 5.56 Å². The molecule has 0 saturated carbocycles. The number of methoxy groups -OCH3 is 1. The zero-order valence-corrected chi connectivity index (χ0v) is 19.8. The van der Waals surface area contributed by atoms with Gasteiger partial charge in [0, 0.05) is 44.4 Å². The molecule has 2 aliphatic rings. The van der Waals surface area contributed by atoms with Crippen LogP contribution in [0.2, 0.25) is 0 Å². The van der Waals surface area contributed by atoms with E-state index in [1.54, 1.807) is 18.9 Å². The fourth-order valence-corrected chi connectivity index (χ4v) is 4.45. The van der Waals surface area contributed by atoms with Gasteiger partial charge in [0.2, 0.25) is 5.95 Å². The standard InChI is InChI=1S/C24H35N5OS/c1-5-18(2)6-7-19(3)15-25-16-20-9-12-29(13-10-20)23-26-11-8-21(28-23)14-22-17-27-24(30-4)31-22/h5-8,11,14,20,24-25,27H,3,9-10,12-13,15-17H2,1-2,4H3/b7-6-,18-5-,22-14-. The van der Waals surface area contributed by atoms with Crippen LogP contribution in [0.5, 0.6) is 0 Å². The molecule has 0 spiro atoms. The van der Waals surface area contributed by atoms with E-state index in [2.05, 4.69) is 65.2 Å². The van der Waals surface area contributed by atoms with Gasteiger partial charge in [-0.1, -0.05) is 42.1 Å². The highest BCUT2D eigenvalue weighted by atomic mass is 32.2. The van der Waals surface area contributed by atoms with Gasteiger partial charge in [-0.15, -0.1) is 0 Å². The van der Waals surface area contributed by atoms with Crippen LogP contribution in [0.3, 0.4) is 0 Å². The van der Waals surface area contributed by atoms with Gasteiger partial charge in [0.05, 0.1) is 5.69 Å². The third kappa shape index (κ3) is 7.61. The highest BCUT2D eigenvalue weighted by molar-refractivity contribution is 8.03. The molecule has 1 unspecified atom stereocenters. The Labute approximate surface area is 190 Å². The maximum atomic E-state index is 5.33. The smallest absolute Gasteiger partial charge is 0.225 e. The van der Waals surface area contributed by atoms with Crippen molar-refractivity contribution in [3.05, 3.63) is 58.8 Å². The second-order valence-electron chi connectivity index (χ2n) is 8.04. The molecule has 0 bridgehead atoms. The highest BCUT2D eigenvalue weighted by Crippen LogP contribution is 2.28. The Kier molecular flexibility index (Phi) is 9.33. The van der Waals surface area contributed by atoms with Gasteiger partial charge in [-0.25, -0.2) is 9.97 Å². The molecule has 1 atom stereocenters. The average molecular weight is 442 g/mol. The summed E-state index contributed by atoms with van der Waals surface area (Å²) in [6.07, 6.45) is 12.6. The van der Waals surface area contributed by atoms with Crippen molar-refractivity contribution in [3.8, 4) is 0 Å². The summed E-state index contributed by atoms with van der Waals surface area (Å²) in [5, 5.41) is 6.86. The van der Waals surface area contributed by atoms with E-state index >= 15 is 0 Å². The van der Waals surface area contributed by atoms with E-state index < -0.39 is 0 Å². The minimum atomic E-state index is 0.0330. The van der Waals surface area contributed by atoms with E-state index in [0.29, 0.717) is 5.92 Å². The fourth-order valence-electron chi connectivity index (χ4n) is 3.56. The number of nitrogens with zero attached hydrogens (tertiary/aromatic N) is 3. The second-order valence-corrected chi connectivity index (χ2v) is 9.23. The van der Waals surface area contributed by atoms with Crippen LogP contribution in [0, 0.1) is 5.92 Å². The van der Waals surface area contributed by atoms with E-state index in [0.717, 1.165) is 62.8 Å². The van der Waals surface area contributed by atoms with Gasteiger partial charge < -0.3 is 15.0 Å². The van der Waals surface area contributed by atoms with Gasteiger partial charge in [-0.2, -0.15) is 0 Å². The fraction of sp³-hybridized carbons (Fsp3) is 0.500. The Morgan fingerprint density at radius 3 is 2.90 bits per heavy atom. The number of allylic oxidation sites excluding steroid dienone is 3. The Morgan fingerprint density at radius 1 is 1.39 bits per heavy atom. The molecule has 0 amide bonds. The van der Waals surface area contributed by atoms with Crippen molar-refractivity contribution in [1.29, 1.82) is 0 Å². The van der Waals surface area contributed by atoms with Crippen molar-refractivity contribution in [2.45, 2.75) is 32.2 Å². The van der Waals surface area contributed by atoms with Gasteiger partial charge in [0.25, 0.3) is 0 Å². The van der Waals surface area contributed by atoms with Gasteiger partial charge in [0.15, 0.2) is 5.56 Å². The zero-order valence-electron chi connectivity index (χ0n) is 18.9. The summed E-state index contributed by atoms with van der Waals surface area (Å²) in [5.41, 5.74) is 3.36. The first-order valence-electron chi connectivity index (χ1n) is 11.0. The van der Waals surface area contributed by atoms with E-state index in [4.69, 9.17) is 9.72 Å². The first-order chi connectivity index (χ1) is 15.1. The number of rotatable bonds is 9. The summed E-state index contributed by atoms with van der Waals surface area (Å²) >= 11 is 1.70. The number of nitrogens with one attached hydrogen (secondary N) is 2. The summed E-state index contributed by atoms with van der Waals surface area (Å²) in [5.74, 6) is 1.51. The monoisotopic (exact) mass is 441 g/mol. The number of hydrogen-bond acceptors (Lipinski definition) is 7. The van der Waals surface area contributed by atoms with Crippen LogP contribution in [0.25, 0.3) is 6.08 Å². The van der Waals surface area contributed by atoms with E-state index in [1.807, 2.05) is 12.3 Å². The van der Waals surface area contributed by atoms with Crippen molar-refractivity contribution in [2.75, 3.05) is 44.7 Å². The van der Waals surface area contributed by atoms with E-state index in [9.17, 15) is 0 Å². The lowest BCUT2D eigenvalue weighted by atomic mass is 9.97. The summed E-state index contributed by atoms with van der Waals surface area (Å²) in [4.78, 5) is 12.8. The zero-order chi connectivity index (χ0) is 22.1. The molecule has 0 radical (unpaired) electrons. The topological polar surface area (TPSA) is 62.3 Å². The average Bonchev–Trinajstić information content (AvgIpc) is 3.25. The first-order valence-corrected chi connectivity index (χ1v) is 11.9. The Morgan fingerprint density at radius 2 is 2.19 bits per heavy atom. The van der Waals surface area contributed by atoms with Crippen LogP contribution >= 0.6 is 11.8 Å². The van der Waals surface area contributed by atoms with Crippen LogP contribution in [0.15, 0.2) is 53.1 Å². The first kappa shape index (κ1) is 23.7. The van der Waals surface area contributed by atoms with Gasteiger partial charge in [-0.05, 0) is 56.9 Å². The quantitative estimate of drug-likeness (QED) is 0.562. The number of hydrogen-bond donors (Lipinski definition) is 2. The third-order valence-electron chi connectivity index (χ3n) is 5.61. The number of thioether (sulfide) groups is 1. The summed E-state index contributed by atoms with van der Waals surface area (Å²) < 4.78 is 5.33. The molecule has 168 valence electrons. The molecule has 2 fully saturated rings. The van der Waals surface area contributed by atoms with Crippen LogP contribution in [-0.2, 0) is 4.74 Å². The second kappa shape index (κ2) is 12.2. The van der Waals surface area contributed by atoms with Crippen molar-refractivity contribution < 1.29 is 4.74 Å². The molecule has 1 aromatic heterocycles. The molecule has 7 heteroatoms. The molecular weight excluding hydrogens is 406 g/mol. The number of ether oxygens (including phenoxy) is 1. The number of piperidine rings is 1. The Bertz CT molecular complexity index is 827. The van der Waals surface area contributed by atoms with Crippen LogP contribution < -0.4 is 15.5 Å². The predicted molar refractivity (Wildman–Crippen MR) is 132 cm³/mol. The lowest BCUT2D eigenvalue weighted by molar-refractivity contribution is 0.154. The molecule has 2 saturated heterocycles. The minimum Gasteiger partial charge on any atom is -0.357 e. The predicted octanol–water partition coefficient (Wildman–Crippen LogP) is 3.97. The van der Waals surface area contributed by atoms with Crippen molar-refractivity contribution in [2.24, 2.45) is 5.92 Å². The molecule has 3 rings (SSSR count). The molecule has 1 aromatic rings. The van der Waals surface area contributed by atoms with Gasteiger partial charge in [0.1, 0.15) is 0 Å². The minimum absolute atomic E-state index is 0.0330. The van der Waals surface area contributed by atoms with Gasteiger partial charge >= 0.3 is 0 Å².